The van der Waals surface area contributed by atoms with Gasteiger partial charge in [-0.1, -0.05) is 36.4 Å². The fourth-order valence-corrected chi connectivity index (χ4v) is 8.43. The predicted octanol–water partition coefficient (Wildman–Crippen LogP) is 4.55. The monoisotopic (exact) mass is 718 g/mol. The van der Waals surface area contributed by atoms with Crippen LogP contribution >= 0.6 is 18.9 Å². The highest BCUT2D eigenvalue weighted by atomic mass is 32.1. The number of halogens is 2. The molecule has 15 heteroatoms. The number of nitrogens with zero attached hydrogens (tertiary/aromatic N) is 3. The number of thiophene rings is 1. The van der Waals surface area contributed by atoms with Crippen LogP contribution in [0.3, 0.4) is 0 Å². The highest BCUT2D eigenvalue weighted by Gasteiger charge is 2.50. The molecule has 3 N–H and O–H groups in total. The van der Waals surface area contributed by atoms with Gasteiger partial charge in [-0.2, -0.15) is 8.78 Å². The first-order valence-corrected chi connectivity index (χ1v) is 19.0. The molecular formula is C34H41F2N4O7PS. The molecule has 3 fully saturated rings. The van der Waals surface area contributed by atoms with E-state index in [-0.39, 0.29) is 34.1 Å². The molecule has 11 nitrogen and oxygen atoms in total. The maximum atomic E-state index is 14.4. The second-order valence-corrected chi connectivity index (χ2v) is 15.9. The van der Waals surface area contributed by atoms with Gasteiger partial charge in [0.1, 0.15) is 18.2 Å². The first-order valence-electron chi connectivity index (χ1n) is 16.5. The van der Waals surface area contributed by atoms with Crippen molar-refractivity contribution in [2.24, 2.45) is 5.92 Å². The normalized spacial score (nSPS) is 22.0. The maximum absolute atomic E-state index is 14.4. The van der Waals surface area contributed by atoms with Crippen molar-refractivity contribution in [2.75, 3.05) is 46.4 Å². The van der Waals surface area contributed by atoms with Gasteiger partial charge in [0.2, 0.25) is 11.8 Å². The molecule has 0 bridgehead atoms. The SMILES string of the molecule is CN1CCC(CC(NC(=O)c2cc3cc(C(F)(F)P(=O)(O)O)ccc3s2)C(=O)N2CCC[C@H]2C(=O)N2CCO[C@H](c3ccccc3)C2)CC1. The number of rotatable bonds is 9. The fraction of sp³-hybridized carbons (Fsp3) is 0.500. The van der Waals surface area contributed by atoms with Crippen LogP contribution in [-0.2, 0) is 24.6 Å². The number of ether oxygens (including phenoxy) is 1. The number of alkyl halides is 2. The molecule has 6 rings (SSSR count). The summed E-state index contributed by atoms with van der Waals surface area (Å²) < 4.78 is 46.7. The summed E-state index contributed by atoms with van der Waals surface area (Å²) >= 11 is 1.03. The van der Waals surface area contributed by atoms with E-state index in [2.05, 4.69) is 10.2 Å². The quantitative estimate of drug-likeness (QED) is 0.274. The number of hydrogen-bond acceptors (Lipinski definition) is 7. The van der Waals surface area contributed by atoms with E-state index < -0.39 is 36.8 Å². The molecule has 0 saturated carbocycles. The summed E-state index contributed by atoms with van der Waals surface area (Å²) in [6, 6.07) is 12.7. The highest BCUT2D eigenvalue weighted by Crippen LogP contribution is 2.59. The summed E-state index contributed by atoms with van der Waals surface area (Å²) in [4.78, 5) is 66.0. The van der Waals surface area contributed by atoms with Crippen LogP contribution in [0.5, 0.6) is 0 Å². The Hall–Kier alpha value is -3.26. The van der Waals surface area contributed by atoms with Gasteiger partial charge >= 0.3 is 13.3 Å². The number of carbonyl (C=O) groups excluding carboxylic acids is 3. The zero-order valence-corrected chi connectivity index (χ0v) is 28.9. The van der Waals surface area contributed by atoms with Crippen LogP contribution in [-0.4, -0.2) is 101 Å². The molecule has 49 heavy (non-hydrogen) atoms. The molecule has 0 radical (unpaired) electrons. The van der Waals surface area contributed by atoms with Crippen LogP contribution in [0.1, 0.15) is 59.0 Å². The Bertz CT molecular complexity index is 1730. The first kappa shape index (κ1) is 35.6. The molecule has 3 saturated heterocycles. The van der Waals surface area contributed by atoms with Gasteiger partial charge in [0, 0.05) is 23.4 Å². The Morgan fingerprint density at radius 1 is 1.04 bits per heavy atom. The number of carbonyl (C=O) groups is 3. The maximum Gasteiger partial charge on any atom is 0.399 e. The van der Waals surface area contributed by atoms with E-state index in [1.54, 1.807) is 9.80 Å². The highest BCUT2D eigenvalue weighted by molar-refractivity contribution is 7.52. The summed E-state index contributed by atoms with van der Waals surface area (Å²) in [6.45, 7) is 3.30. The Labute approximate surface area is 287 Å². The molecule has 3 atom stereocenters. The second-order valence-electron chi connectivity index (χ2n) is 13.2. The largest absolute Gasteiger partial charge is 0.399 e. The van der Waals surface area contributed by atoms with Gasteiger partial charge in [-0.25, -0.2) is 0 Å². The molecule has 1 aromatic heterocycles. The molecular weight excluding hydrogens is 677 g/mol. The Morgan fingerprint density at radius 3 is 2.49 bits per heavy atom. The van der Waals surface area contributed by atoms with Crippen molar-refractivity contribution in [3.63, 3.8) is 0 Å². The average molecular weight is 719 g/mol. The molecule has 0 aliphatic carbocycles. The Kier molecular flexibility index (Phi) is 10.5. The average Bonchev–Trinajstić information content (AvgIpc) is 3.76. The van der Waals surface area contributed by atoms with Crippen molar-refractivity contribution in [3.8, 4) is 0 Å². The summed E-state index contributed by atoms with van der Waals surface area (Å²) in [7, 11) is -3.73. The van der Waals surface area contributed by atoms with Gasteiger partial charge in [0.15, 0.2) is 0 Å². The fourth-order valence-electron chi connectivity index (χ4n) is 7.01. The molecule has 0 spiro atoms. The van der Waals surface area contributed by atoms with E-state index in [9.17, 15) is 37.5 Å². The van der Waals surface area contributed by atoms with Crippen molar-refractivity contribution in [1.29, 1.82) is 0 Å². The molecule has 4 heterocycles. The number of morpholine rings is 1. The number of hydrogen-bond donors (Lipinski definition) is 3. The minimum Gasteiger partial charge on any atom is -0.370 e. The molecule has 264 valence electrons. The number of nitrogens with one attached hydrogen (secondary N) is 1. The van der Waals surface area contributed by atoms with Crippen LogP contribution in [0.2, 0.25) is 0 Å². The van der Waals surface area contributed by atoms with Crippen LogP contribution in [0.25, 0.3) is 10.1 Å². The third-order valence-corrected chi connectivity index (χ3v) is 11.9. The second kappa shape index (κ2) is 14.5. The van der Waals surface area contributed by atoms with Gasteiger partial charge in [0.25, 0.3) is 5.91 Å². The zero-order valence-electron chi connectivity index (χ0n) is 27.2. The summed E-state index contributed by atoms with van der Waals surface area (Å²) in [5.41, 5.74) is -4.26. The van der Waals surface area contributed by atoms with Gasteiger partial charge in [-0.3, -0.25) is 18.9 Å². The number of likely N-dealkylation sites (tertiary alicyclic amines) is 2. The number of amides is 3. The van der Waals surface area contributed by atoms with Crippen LogP contribution in [0, 0.1) is 5.92 Å². The van der Waals surface area contributed by atoms with Crippen molar-refractivity contribution >= 4 is 46.7 Å². The van der Waals surface area contributed by atoms with E-state index in [0.29, 0.717) is 50.2 Å². The third kappa shape index (κ3) is 7.74. The Balaban J connectivity index is 1.20. The number of benzene rings is 2. The van der Waals surface area contributed by atoms with Crippen LogP contribution in [0.15, 0.2) is 54.6 Å². The van der Waals surface area contributed by atoms with Crippen LogP contribution < -0.4 is 5.32 Å². The first-order chi connectivity index (χ1) is 23.3. The lowest BCUT2D eigenvalue weighted by Gasteiger charge is -2.37. The summed E-state index contributed by atoms with van der Waals surface area (Å²) in [5.74, 6) is -0.836. The topological polar surface area (TPSA) is 140 Å². The molecule has 3 aromatic rings. The lowest BCUT2D eigenvalue weighted by molar-refractivity contribution is -0.149. The lowest BCUT2D eigenvalue weighted by Crippen LogP contribution is -2.56. The standard InChI is InChI=1S/C34H41F2N4O7PS/c1-38-14-11-22(12-15-38)18-26(37-31(41)30-20-24-19-25(9-10-29(24)49-30)34(35,36)48(44,45)46)32(42)40-13-5-8-27(40)33(43)39-16-17-47-28(21-39)23-6-3-2-4-7-23/h2-4,6-7,9-10,19-20,22,26-28H,5,8,11-18,21H2,1H3,(H,37,41)(H2,44,45,46)/t26?,27-,28-/m0/s1. The Morgan fingerprint density at radius 2 is 1.78 bits per heavy atom. The van der Waals surface area contributed by atoms with E-state index in [1.165, 1.54) is 12.1 Å². The van der Waals surface area contributed by atoms with E-state index in [1.807, 2.05) is 37.4 Å². The summed E-state index contributed by atoms with van der Waals surface area (Å²) in [5, 5.41) is 3.14. The zero-order chi connectivity index (χ0) is 34.9. The number of piperidine rings is 1. The van der Waals surface area contributed by atoms with E-state index >= 15 is 0 Å². The van der Waals surface area contributed by atoms with E-state index in [4.69, 9.17) is 4.74 Å². The third-order valence-electron chi connectivity index (χ3n) is 9.83. The van der Waals surface area contributed by atoms with Gasteiger partial charge in [-0.15, -0.1) is 11.3 Å². The van der Waals surface area contributed by atoms with Crippen molar-refractivity contribution in [1.82, 2.24) is 20.0 Å². The van der Waals surface area contributed by atoms with Crippen LogP contribution in [0.4, 0.5) is 8.78 Å². The minimum atomic E-state index is -5.77. The van der Waals surface area contributed by atoms with Gasteiger partial charge in [-0.05, 0) is 87.3 Å². The number of fused-ring (bicyclic) bond motifs is 1. The van der Waals surface area contributed by atoms with Crippen molar-refractivity contribution in [3.05, 3.63) is 70.6 Å². The van der Waals surface area contributed by atoms with Gasteiger partial charge in [0.05, 0.1) is 18.0 Å². The molecule has 3 amide bonds. The lowest BCUT2D eigenvalue weighted by atomic mass is 9.89. The van der Waals surface area contributed by atoms with Gasteiger partial charge < -0.3 is 34.5 Å². The minimum absolute atomic E-state index is 0.133. The summed E-state index contributed by atoms with van der Waals surface area (Å²) in [6.07, 6.45) is 3.01. The smallest absolute Gasteiger partial charge is 0.370 e. The van der Waals surface area contributed by atoms with E-state index in [0.717, 1.165) is 55.0 Å². The molecule has 3 aliphatic heterocycles. The molecule has 1 unspecified atom stereocenters. The van der Waals surface area contributed by atoms with Crippen molar-refractivity contribution < 1.29 is 42.3 Å². The molecule has 3 aliphatic rings. The molecule has 2 aromatic carbocycles. The predicted molar refractivity (Wildman–Crippen MR) is 180 cm³/mol. The van der Waals surface area contributed by atoms with Crippen molar-refractivity contribution in [2.45, 2.75) is 56.0 Å².